The van der Waals surface area contributed by atoms with E-state index in [1.807, 2.05) is 0 Å². The molecule has 2 amide bonds. The number of carboxylic acid groups (broad SMARTS) is 2. The van der Waals surface area contributed by atoms with Crippen LogP contribution in [0.1, 0.15) is 12.8 Å². The van der Waals surface area contributed by atoms with Gasteiger partial charge in [0, 0.05) is 21.1 Å². The summed E-state index contributed by atoms with van der Waals surface area (Å²) in [6.07, 6.45) is 2.58. The third-order valence-corrected chi connectivity index (χ3v) is 2.82. The lowest BCUT2D eigenvalue weighted by molar-refractivity contribution is -0.345. The fraction of sp³-hybridized carbons (Fsp3) is 0.643. The quantitative estimate of drug-likeness (QED) is 0.402. The second-order valence-electron chi connectivity index (χ2n) is 4.94. The van der Waals surface area contributed by atoms with Crippen molar-refractivity contribution in [2.24, 2.45) is 0 Å². The van der Waals surface area contributed by atoms with E-state index >= 15 is 0 Å². The van der Waals surface area contributed by atoms with Gasteiger partial charge in [0.25, 0.3) is 0 Å². The molecule has 8 heteroatoms. The number of urea groups is 1. The van der Waals surface area contributed by atoms with Gasteiger partial charge in [0.1, 0.15) is 0 Å². The number of nitrogens with zero attached hydrogens (tertiary/aromatic N) is 3. The standard InChI is InChI=1S/C12H21N3O.C2H2O4/c1-13(2)12(16)14(3)8-4-5-9-15-10-6-7-11-15;3-1(4)2(5)6/h6-11H2,1-3H3;(H,3,4)(H,5,6)/p-2. The van der Waals surface area contributed by atoms with Crippen molar-refractivity contribution in [3.05, 3.63) is 0 Å². The van der Waals surface area contributed by atoms with E-state index in [-0.39, 0.29) is 6.03 Å². The second-order valence-corrected chi connectivity index (χ2v) is 4.94. The Bertz CT molecular complexity index is 435. The molecule has 0 unspecified atom stereocenters. The lowest BCUT2D eigenvalue weighted by Gasteiger charge is -2.19. The number of hydrogen-bond acceptors (Lipinski definition) is 6. The zero-order valence-corrected chi connectivity index (χ0v) is 13.1. The van der Waals surface area contributed by atoms with Crippen molar-refractivity contribution < 1.29 is 24.6 Å². The second kappa shape index (κ2) is 10.5. The first-order chi connectivity index (χ1) is 10.3. The van der Waals surface area contributed by atoms with Crippen LogP contribution in [0.4, 0.5) is 4.79 Å². The fourth-order valence-corrected chi connectivity index (χ4v) is 1.69. The average Bonchev–Trinajstić information content (AvgIpc) is 2.96. The molecule has 1 heterocycles. The van der Waals surface area contributed by atoms with Gasteiger partial charge in [-0.15, -0.1) is 0 Å². The van der Waals surface area contributed by atoms with Gasteiger partial charge in [-0.05, 0) is 25.9 Å². The molecule has 1 rings (SSSR count). The molecule has 0 aromatic heterocycles. The van der Waals surface area contributed by atoms with Crippen LogP contribution in [-0.2, 0) is 9.59 Å². The van der Waals surface area contributed by atoms with E-state index in [4.69, 9.17) is 19.8 Å². The third-order valence-electron chi connectivity index (χ3n) is 2.82. The highest BCUT2D eigenvalue weighted by Crippen LogP contribution is 2.05. The van der Waals surface area contributed by atoms with Gasteiger partial charge < -0.3 is 29.6 Å². The first-order valence-corrected chi connectivity index (χ1v) is 6.78. The minimum absolute atomic E-state index is 0.00419. The molecule has 1 saturated heterocycles. The summed E-state index contributed by atoms with van der Waals surface area (Å²) in [4.78, 5) is 34.8. The Balaban J connectivity index is 0.000000626. The summed E-state index contributed by atoms with van der Waals surface area (Å²) < 4.78 is 0. The Kier molecular flexibility index (Phi) is 9.38. The minimum Gasteiger partial charge on any atom is -0.543 e. The van der Waals surface area contributed by atoms with E-state index in [1.165, 1.54) is 25.9 Å². The molecule has 0 spiro atoms. The van der Waals surface area contributed by atoms with Gasteiger partial charge in [-0.3, -0.25) is 4.90 Å². The van der Waals surface area contributed by atoms with Crippen LogP contribution < -0.4 is 10.2 Å². The van der Waals surface area contributed by atoms with Gasteiger partial charge in [-0.2, -0.15) is 0 Å². The molecule has 124 valence electrons. The molecule has 0 saturated carbocycles. The van der Waals surface area contributed by atoms with Crippen molar-refractivity contribution in [2.45, 2.75) is 12.8 Å². The Morgan fingerprint density at radius 3 is 1.91 bits per heavy atom. The molecule has 1 aliphatic heterocycles. The maximum atomic E-state index is 11.5. The highest BCUT2D eigenvalue weighted by molar-refractivity contribution is 6.25. The largest absolute Gasteiger partial charge is 0.543 e. The lowest BCUT2D eigenvalue weighted by atomic mass is 10.4. The summed E-state index contributed by atoms with van der Waals surface area (Å²) in [5.41, 5.74) is 0. The number of likely N-dealkylation sites (tertiary alicyclic amines) is 1. The molecule has 0 aromatic carbocycles. The van der Waals surface area contributed by atoms with Gasteiger partial charge in [-0.25, -0.2) is 4.79 Å². The van der Waals surface area contributed by atoms with Crippen molar-refractivity contribution in [3.63, 3.8) is 0 Å². The number of carbonyl (C=O) groups is 3. The van der Waals surface area contributed by atoms with Crippen LogP contribution in [0.2, 0.25) is 0 Å². The number of carboxylic acids is 2. The smallest absolute Gasteiger partial charge is 0.320 e. The molecule has 0 aromatic rings. The zero-order valence-electron chi connectivity index (χ0n) is 13.1. The van der Waals surface area contributed by atoms with Crippen molar-refractivity contribution >= 4 is 18.0 Å². The van der Waals surface area contributed by atoms with E-state index < -0.39 is 11.9 Å². The van der Waals surface area contributed by atoms with E-state index in [0.29, 0.717) is 6.54 Å². The fourth-order valence-electron chi connectivity index (χ4n) is 1.69. The summed E-state index contributed by atoms with van der Waals surface area (Å²) >= 11 is 0. The van der Waals surface area contributed by atoms with Gasteiger partial charge in [0.05, 0.1) is 25.0 Å². The number of hydrogen-bond donors (Lipinski definition) is 0. The van der Waals surface area contributed by atoms with Gasteiger partial charge >= 0.3 is 6.03 Å². The molecule has 22 heavy (non-hydrogen) atoms. The van der Waals surface area contributed by atoms with E-state index in [9.17, 15) is 4.79 Å². The molecule has 8 nitrogen and oxygen atoms in total. The van der Waals surface area contributed by atoms with E-state index in [1.54, 1.807) is 30.9 Å². The van der Waals surface area contributed by atoms with Gasteiger partial charge in [0.2, 0.25) is 0 Å². The van der Waals surface area contributed by atoms with E-state index in [0.717, 1.165) is 6.54 Å². The Morgan fingerprint density at radius 1 is 1.00 bits per heavy atom. The molecule has 0 N–H and O–H groups in total. The topological polar surface area (TPSA) is 107 Å². The first-order valence-electron chi connectivity index (χ1n) is 6.78. The van der Waals surface area contributed by atoms with Crippen LogP contribution in [0.25, 0.3) is 0 Å². The third kappa shape index (κ3) is 8.81. The predicted molar refractivity (Wildman–Crippen MR) is 75.2 cm³/mol. The monoisotopic (exact) mass is 311 g/mol. The van der Waals surface area contributed by atoms with Crippen LogP contribution in [0.15, 0.2) is 0 Å². The Labute approximate surface area is 130 Å². The summed E-state index contributed by atoms with van der Waals surface area (Å²) in [6, 6.07) is -0.00419. The molecule has 0 bridgehead atoms. The summed E-state index contributed by atoms with van der Waals surface area (Å²) in [6.45, 7) is 3.68. The zero-order chi connectivity index (χ0) is 17.1. The number of rotatable bonds is 2. The summed E-state index contributed by atoms with van der Waals surface area (Å²) in [5, 5.41) is 17.9. The van der Waals surface area contributed by atoms with Gasteiger partial charge in [0.15, 0.2) is 0 Å². The summed E-state index contributed by atoms with van der Waals surface area (Å²) in [7, 11) is 5.26. The first kappa shape index (κ1) is 19.7. The Morgan fingerprint density at radius 2 is 1.50 bits per heavy atom. The maximum absolute atomic E-state index is 11.5. The predicted octanol–water partition coefficient (Wildman–Crippen LogP) is -2.81. The molecule has 1 fully saturated rings. The van der Waals surface area contributed by atoms with E-state index in [2.05, 4.69) is 16.7 Å². The van der Waals surface area contributed by atoms with Gasteiger partial charge in [-0.1, -0.05) is 11.8 Å². The maximum Gasteiger partial charge on any atom is 0.320 e. The average molecular weight is 311 g/mol. The molecular formula is C14H21N3O5-2. The molecule has 0 radical (unpaired) electrons. The number of amides is 2. The number of aliphatic carboxylic acids is 2. The van der Waals surface area contributed by atoms with Crippen LogP contribution in [-0.4, -0.2) is 80.0 Å². The normalized spacial score (nSPS) is 13.2. The van der Waals surface area contributed by atoms with Crippen LogP contribution in [0.3, 0.4) is 0 Å². The van der Waals surface area contributed by atoms with Crippen LogP contribution in [0.5, 0.6) is 0 Å². The van der Waals surface area contributed by atoms with Crippen molar-refractivity contribution in [2.75, 3.05) is 47.3 Å². The van der Waals surface area contributed by atoms with Crippen molar-refractivity contribution in [1.29, 1.82) is 0 Å². The number of carbonyl (C=O) groups excluding carboxylic acids is 3. The van der Waals surface area contributed by atoms with Crippen LogP contribution in [0, 0.1) is 11.8 Å². The summed E-state index contributed by atoms with van der Waals surface area (Å²) in [5.74, 6) is 1.78. The van der Waals surface area contributed by atoms with Crippen molar-refractivity contribution in [3.8, 4) is 11.8 Å². The molecular weight excluding hydrogens is 290 g/mol. The minimum atomic E-state index is -2.19. The van der Waals surface area contributed by atoms with Crippen molar-refractivity contribution in [1.82, 2.24) is 14.7 Å². The lowest BCUT2D eigenvalue weighted by Crippen LogP contribution is -2.42. The highest BCUT2D eigenvalue weighted by Gasteiger charge is 2.09. The molecule has 0 atom stereocenters. The molecule has 1 aliphatic rings. The highest BCUT2D eigenvalue weighted by atomic mass is 16.4. The molecule has 0 aliphatic carbocycles. The van der Waals surface area contributed by atoms with Crippen LogP contribution >= 0.6 is 0 Å². The Hall–Kier alpha value is -2.27. The SMILES string of the molecule is CN(C)C(=O)N(C)CC#CCN1CCCC1.O=C([O-])C(=O)[O-].